The van der Waals surface area contributed by atoms with Gasteiger partial charge in [-0.25, -0.2) is 0 Å². The van der Waals surface area contributed by atoms with Crippen molar-refractivity contribution in [3.8, 4) is 5.75 Å². The number of hydrogen-bond acceptors (Lipinski definition) is 5. The highest BCUT2D eigenvalue weighted by Gasteiger charge is 2.24. The lowest BCUT2D eigenvalue weighted by Crippen LogP contribution is -2.34. The normalized spacial score (nSPS) is 16.1. The zero-order valence-corrected chi connectivity index (χ0v) is 17.3. The molecular weight excluding hydrogens is 390 g/mol. The number of rotatable bonds is 6. The summed E-state index contributed by atoms with van der Waals surface area (Å²) in [6, 6.07) is 12.6. The van der Waals surface area contributed by atoms with E-state index in [1.807, 2.05) is 31.2 Å². The van der Waals surface area contributed by atoms with Crippen LogP contribution in [0.25, 0.3) is 0 Å². The van der Waals surface area contributed by atoms with E-state index in [2.05, 4.69) is 16.0 Å². The van der Waals surface area contributed by atoms with Crippen LogP contribution in [0.15, 0.2) is 42.5 Å². The van der Waals surface area contributed by atoms with Crippen molar-refractivity contribution in [2.45, 2.75) is 32.1 Å². The highest BCUT2D eigenvalue weighted by atomic mass is 32.2. The van der Waals surface area contributed by atoms with Gasteiger partial charge in [-0.2, -0.15) is 0 Å². The van der Waals surface area contributed by atoms with Crippen LogP contribution in [0.5, 0.6) is 5.75 Å². The summed E-state index contributed by atoms with van der Waals surface area (Å²) in [5.41, 5.74) is 2.91. The Kier molecular flexibility index (Phi) is 6.43. The Labute approximate surface area is 173 Å². The first-order valence-corrected chi connectivity index (χ1v) is 10.3. The SMILES string of the molecule is Cc1ccc(NC(=O)CS[C@@H](C)C(=O)Nc2ccc3c(c2)NC(=O)[C@H](C)O3)cc1. The average Bonchev–Trinajstić information content (AvgIpc) is 2.69. The first-order valence-electron chi connectivity index (χ1n) is 9.22. The zero-order chi connectivity index (χ0) is 21.0. The van der Waals surface area contributed by atoms with Gasteiger partial charge >= 0.3 is 0 Å². The molecule has 2 aromatic rings. The summed E-state index contributed by atoms with van der Waals surface area (Å²) in [4.78, 5) is 36.2. The van der Waals surface area contributed by atoms with Gasteiger partial charge in [-0.05, 0) is 51.1 Å². The van der Waals surface area contributed by atoms with Crippen molar-refractivity contribution >= 4 is 46.5 Å². The topological polar surface area (TPSA) is 96.5 Å². The summed E-state index contributed by atoms with van der Waals surface area (Å²) in [6.45, 7) is 5.39. The van der Waals surface area contributed by atoms with E-state index < -0.39 is 11.4 Å². The van der Waals surface area contributed by atoms with Crippen LogP contribution in [-0.2, 0) is 14.4 Å². The predicted molar refractivity (Wildman–Crippen MR) is 116 cm³/mol. The number of carbonyl (C=O) groups is 3. The van der Waals surface area contributed by atoms with Crippen LogP contribution < -0.4 is 20.7 Å². The molecule has 2 aromatic carbocycles. The number of nitrogens with one attached hydrogen (secondary N) is 3. The third kappa shape index (κ3) is 5.51. The maximum Gasteiger partial charge on any atom is 0.265 e. The Balaban J connectivity index is 1.50. The first-order chi connectivity index (χ1) is 13.8. The second-order valence-corrected chi connectivity index (χ2v) is 8.15. The number of thioether (sulfide) groups is 1. The van der Waals surface area contributed by atoms with Gasteiger partial charge in [0, 0.05) is 11.4 Å². The minimum absolute atomic E-state index is 0.161. The zero-order valence-electron chi connectivity index (χ0n) is 16.4. The number of aryl methyl sites for hydroxylation is 1. The van der Waals surface area contributed by atoms with Gasteiger partial charge in [0.1, 0.15) is 5.75 Å². The summed E-state index contributed by atoms with van der Waals surface area (Å²) >= 11 is 1.25. The van der Waals surface area contributed by atoms with Crippen LogP contribution in [0.3, 0.4) is 0 Å². The number of anilines is 3. The van der Waals surface area contributed by atoms with Crippen molar-refractivity contribution < 1.29 is 19.1 Å². The molecule has 0 aromatic heterocycles. The lowest BCUT2D eigenvalue weighted by molar-refractivity contribution is -0.122. The van der Waals surface area contributed by atoms with Gasteiger partial charge in [-0.3, -0.25) is 14.4 Å². The Bertz CT molecular complexity index is 930. The molecule has 3 amide bonds. The Morgan fingerprint density at radius 3 is 2.55 bits per heavy atom. The molecule has 1 heterocycles. The van der Waals surface area contributed by atoms with E-state index >= 15 is 0 Å². The van der Waals surface area contributed by atoms with Gasteiger partial charge < -0.3 is 20.7 Å². The molecule has 0 radical (unpaired) electrons. The van der Waals surface area contributed by atoms with Crippen LogP contribution in [-0.4, -0.2) is 34.8 Å². The van der Waals surface area contributed by atoms with Crippen molar-refractivity contribution in [3.05, 3.63) is 48.0 Å². The molecule has 152 valence electrons. The minimum atomic E-state index is -0.551. The molecule has 0 bridgehead atoms. The summed E-state index contributed by atoms with van der Waals surface area (Å²) in [5, 5.41) is 7.92. The molecule has 3 rings (SSSR count). The van der Waals surface area contributed by atoms with E-state index in [0.29, 0.717) is 17.1 Å². The van der Waals surface area contributed by atoms with Gasteiger partial charge in [-0.1, -0.05) is 17.7 Å². The maximum absolute atomic E-state index is 12.4. The summed E-state index contributed by atoms with van der Waals surface area (Å²) in [5.74, 6) is 0.0969. The van der Waals surface area contributed by atoms with E-state index in [1.54, 1.807) is 32.0 Å². The molecule has 2 atom stereocenters. The molecule has 0 saturated carbocycles. The lowest BCUT2D eigenvalue weighted by Gasteiger charge is -2.23. The van der Waals surface area contributed by atoms with Crippen LogP contribution in [0, 0.1) is 6.92 Å². The fourth-order valence-corrected chi connectivity index (χ4v) is 3.32. The van der Waals surface area contributed by atoms with Gasteiger partial charge in [0.25, 0.3) is 5.91 Å². The second kappa shape index (κ2) is 9.00. The van der Waals surface area contributed by atoms with Crippen LogP contribution in [0.1, 0.15) is 19.4 Å². The summed E-state index contributed by atoms with van der Waals surface area (Å²) < 4.78 is 5.50. The molecule has 0 fully saturated rings. The molecule has 29 heavy (non-hydrogen) atoms. The number of fused-ring (bicyclic) bond motifs is 1. The van der Waals surface area contributed by atoms with Crippen molar-refractivity contribution in [2.24, 2.45) is 0 Å². The molecule has 1 aliphatic heterocycles. The molecule has 0 aliphatic carbocycles. The predicted octanol–water partition coefficient (Wildman–Crippen LogP) is 3.41. The Morgan fingerprint density at radius 2 is 1.83 bits per heavy atom. The van der Waals surface area contributed by atoms with E-state index in [9.17, 15) is 14.4 Å². The van der Waals surface area contributed by atoms with Gasteiger partial charge in [0.2, 0.25) is 11.8 Å². The van der Waals surface area contributed by atoms with Gasteiger partial charge in [0.15, 0.2) is 6.10 Å². The third-order valence-corrected chi connectivity index (χ3v) is 5.49. The summed E-state index contributed by atoms with van der Waals surface area (Å²) in [6.07, 6.45) is -0.551. The number of carbonyl (C=O) groups excluding carboxylic acids is 3. The van der Waals surface area contributed by atoms with Crippen molar-refractivity contribution in [1.29, 1.82) is 0 Å². The van der Waals surface area contributed by atoms with Crippen molar-refractivity contribution in [1.82, 2.24) is 0 Å². The molecule has 1 aliphatic rings. The highest BCUT2D eigenvalue weighted by Crippen LogP contribution is 2.32. The van der Waals surface area contributed by atoms with E-state index in [0.717, 1.165) is 11.3 Å². The monoisotopic (exact) mass is 413 g/mol. The smallest absolute Gasteiger partial charge is 0.265 e. The van der Waals surface area contributed by atoms with Gasteiger partial charge in [0.05, 0.1) is 16.7 Å². The molecule has 0 unspecified atom stereocenters. The highest BCUT2D eigenvalue weighted by molar-refractivity contribution is 8.01. The molecule has 7 nitrogen and oxygen atoms in total. The molecular formula is C21H23N3O4S. The van der Waals surface area contributed by atoms with E-state index in [4.69, 9.17) is 4.74 Å². The molecule has 0 saturated heterocycles. The molecule has 8 heteroatoms. The number of amides is 3. The first kappa shape index (κ1) is 20.7. The Morgan fingerprint density at radius 1 is 1.14 bits per heavy atom. The number of ether oxygens (including phenoxy) is 1. The Hall–Kier alpha value is -3.00. The minimum Gasteiger partial charge on any atom is -0.479 e. The molecule has 3 N–H and O–H groups in total. The average molecular weight is 413 g/mol. The number of benzene rings is 2. The standard InChI is InChI=1S/C21H23N3O4S/c1-12-4-6-15(7-5-12)22-19(25)11-29-14(3)21(27)23-16-8-9-18-17(10-16)24-20(26)13(2)28-18/h4-10,13-14H,11H2,1-3H3,(H,22,25)(H,23,27)(H,24,26)/t13-,14-/m0/s1. The van der Waals surface area contributed by atoms with Gasteiger partial charge in [-0.15, -0.1) is 11.8 Å². The second-order valence-electron chi connectivity index (χ2n) is 6.82. The van der Waals surface area contributed by atoms with E-state index in [1.165, 1.54) is 11.8 Å². The fraction of sp³-hybridized carbons (Fsp3) is 0.286. The van der Waals surface area contributed by atoms with Crippen molar-refractivity contribution in [3.63, 3.8) is 0 Å². The lowest BCUT2D eigenvalue weighted by atomic mass is 10.2. The van der Waals surface area contributed by atoms with E-state index in [-0.39, 0.29) is 23.5 Å². The maximum atomic E-state index is 12.4. The van der Waals surface area contributed by atoms with Crippen LogP contribution in [0.4, 0.5) is 17.1 Å². The summed E-state index contributed by atoms with van der Waals surface area (Å²) in [7, 11) is 0. The third-order valence-electron chi connectivity index (χ3n) is 4.35. The molecule has 0 spiro atoms. The van der Waals surface area contributed by atoms with Crippen LogP contribution >= 0.6 is 11.8 Å². The largest absolute Gasteiger partial charge is 0.479 e. The quantitative estimate of drug-likeness (QED) is 0.674. The van der Waals surface area contributed by atoms with Crippen LogP contribution in [0.2, 0.25) is 0 Å². The number of hydrogen-bond donors (Lipinski definition) is 3. The van der Waals surface area contributed by atoms with Crippen molar-refractivity contribution in [2.75, 3.05) is 21.7 Å². The fourth-order valence-electron chi connectivity index (χ4n) is 2.64.